The van der Waals surface area contributed by atoms with E-state index in [0.717, 1.165) is 17.3 Å². The Morgan fingerprint density at radius 2 is 1.78 bits per heavy atom. The quantitative estimate of drug-likeness (QED) is 0.699. The maximum Gasteiger partial charge on any atom is 0.304 e. The van der Waals surface area contributed by atoms with Gasteiger partial charge in [-0.05, 0) is 31.2 Å². The molecule has 0 atom stereocenters. The Morgan fingerprint density at radius 3 is 2.33 bits per heavy atom. The van der Waals surface area contributed by atoms with Crippen LogP contribution in [0.1, 0.15) is 13.3 Å². The average molecular weight is 270 g/mol. The summed E-state index contributed by atoms with van der Waals surface area (Å²) in [6, 6.07) is 7.48. The van der Waals surface area contributed by atoms with Crippen molar-refractivity contribution in [3.8, 4) is 11.5 Å². The highest BCUT2D eigenvalue weighted by atomic mass is 32.2. The molecule has 1 N–H and O–H groups in total. The van der Waals surface area contributed by atoms with Crippen LogP contribution in [0, 0.1) is 0 Å². The van der Waals surface area contributed by atoms with E-state index in [-0.39, 0.29) is 6.42 Å². The minimum atomic E-state index is -0.755. The Balaban J connectivity index is 2.13. The smallest absolute Gasteiger partial charge is 0.304 e. The number of thioether (sulfide) groups is 1. The Hall–Kier alpha value is -1.36. The van der Waals surface area contributed by atoms with Crippen LogP contribution in [-0.4, -0.2) is 35.8 Å². The second kappa shape index (κ2) is 8.69. The molecule has 0 saturated heterocycles. The van der Waals surface area contributed by atoms with Crippen LogP contribution in [0.3, 0.4) is 0 Å². The number of hydrogen-bond acceptors (Lipinski definition) is 4. The van der Waals surface area contributed by atoms with Crippen molar-refractivity contribution in [2.75, 3.05) is 24.7 Å². The monoisotopic (exact) mass is 270 g/mol. The summed E-state index contributed by atoms with van der Waals surface area (Å²) in [5, 5.41) is 8.46. The molecule has 0 unspecified atom stereocenters. The van der Waals surface area contributed by atoms with Gasteiger partial charge in [0.1, 0.15) is 11.5 Å². The first-order valence-corrected chi connectivity index (χ1v) is 7.03. The third-order valence-corrected chi connectivity index (χ3v) is 3.04. The first-order chi connectivity index (χ1) is 8.72. The molecular weight excluding hydrogens is 252 g/mol. The second-order valence-electron chi connectivity index (χ2n) is 3.51. The van der Waals surface area contributed by atoms with Gasteiger partial charge in [0.25, 0.3) is 0 Å². The van der Waals surface area contributed by atoms with Crippen molar-refractivity contribution in [2.45, 2.75) is 13.3 Å². The summed E-state index contributed by atoms with van der Waals surface area (Å²) in [6.07, 6.45) is 0.202. The maximum absolute atomic E-state index is 10.3. The van der Waals surface area contributed by atoms with E-state index in [1.165, 1.54) is 0 Å². The van der Waals surface area contributed by atoms with E-state index in [2.05, 4.69) is 0 Å². The molecule has 0 amide bonds. The number of hydrogen-bond donors (Lipinski definition) is 1. The van der Waals surface area contributed by atoms with Crippen molar-refractivity contribution >= 4 is 17.7 Å². The van der Waals surface area contributed by atoms with Gasteiger partial charge in [-0.1, -0.05) is 0 Å². The van der Waals surface area contributed by atoms with E-state index in [4.69, 9.17) is 14.6 Å². The van der Waals surface area contributed by atoms with E-state index in [1.807, 2.05) is 31.2 Å². The van der Waals surface area contributed by atoms with Gasteiger partial charge in [-0.15, -0.1) is 0 Å². The minimum Gasteiger partial charge on any atom is -0.494 e. The second-order valence-corrected chi connectivity index (χ2v) is 4.73. The number of rotatable bonds is 9. The highest BCUT2D eigenvalue weighted by molar-refractivity contribution is 7.99. The lowest BCUT2D eigenvalue weighted by Crippen LogP contribution is -2.02. The predicted octanol–water partition coefficient (Wildman–Crippen LogP) is 2.67. The molecule has 0 radical (unpaired) electrons. The molecule has 0 fully saturated rings. The van der Waals surface area contributed by atoms with Crippen molar-refractivity contribution in [2.24, 2.45) is 0 Å². The Bertz CT molecular complexity index is 351. The van der Waals surface area contributed by atoms with Crippen LogP contribution < -0.4 is 9.47 Å². The van der Waals surface area contributed by atoms with Crippen molar-refractivity contribution < 1.29 is 19.4 Å². The zero-order valence-corrected chi connectivity index (χ0v) is 11.2. The van der Waals surface area contributed by atoms with Crippen LogP contribution in [0.2, 0.25) is 0 Å². The van der Waals surface area contributed by atoms with E-state index in [9.17, 15) is 4.79 Å². The fourth-order valence-electron chi connectivity index (χ4n) is 1.28. The molecule has 5 heteroatoms. The van der Waals surface area contributed by atoms with Crippen LogP contribution in [0.4, 0.5) is 0 Å². The van der Waals surface area contributed by atoms with E-state index >= 15 is 0 Å². The zero-order chi connectivity index (χ0) is 13.2. The first-order valence-electron chi connectivity index (χ1n) is 5.87. The van der Waals surface area contributed by atoms with Crippen LogP contribution in [0.5, 0.6) is 11.5 Å². The molecule has 0 aliphatic rings. The molecule has 1 aromatic carbocycles. The number of ether oxygens (including phenoxy) is 2. The molecule has 0 heterocycles. The highest BCUT2D eigenvalue weighted by Gasteiger charge is 1.98. The molecule has 0 spiro atoms. The Kier molecular flexibility index (Phi) is 7.10. The molecular formula is C13H18O4S. The van der Waals surface area contributed by atoms with Crippen molar-refractivity contribution in [1.29, 1.82) is 0 Å². The van der Waals surface area contributed by atoms with Crippen LogP contribution in [0.25, 0.3) is 0 Å². The molecule has 100 valence electrons. The van der Waals surface area contributed by atoms with Crippen molar-refractivity contribution in [3.63, 3.8) is 0 Å². The summed E-state index contributed by atoms with van der Waals surface area (Å²) in [6.45, 7) is 3.18. The van der Waals surface area contributed by atoms with Gasteiger partial charge < -0.3 is 14.6 Å². The molecule has 4 nitrogen and oxygen atoms in total. The molecule has 0 aromatic heterocycles. The van der Waals surface area contributed by atoms with Gasteiger partial charge in [-0.25, -0.2) is 0 Å². The fraction of sp³-hybridized carbons (Fsp3) is 0.462. The summed E-state index contributed by atoms with van der Waals surface area (Å²) in [5.74, 6) is 2.30. The summed E-state index contributed by atoms with van der Waals surface area (Å²) < 4.78 is 10.8. The third-order valence-electron chi connectivity index (χ3n) is 2.09. The molecule has 1 aromatic rings. The maximum atomic E-state index is 10.3. The highest BCUT2D eigenvalue weighted by Crippen LogP contribution is 2.17. The summed E-state index contributed by atoms with van der Waals surface area (Å²) in [4.78, 5) is 10.3. The minimum absolute atomic E-state index is 0.202. The van der Waals surface area contributed by atoms with E-state index < -0.39 is 5.97 Å². The van der Waals surface area contributed by atoms with E-state index in [0.29, 0.717) is 19.0 Å². The Labute approximate surface area is 111 Å². The Morgan fingerprint density at radius 1 is 1.17 bits per heavy atom. The normalized spacial score (nSPS) is 10.1. The van der Waals surface area contributed by atoms with Gasteiger partial charge in [-0.3, -0.25) is 4.79 Å². The summed E-state index contributed by atoms with van der Waals surface area (Å²) in [7, 11) is 0. The average Bonchev–Trinajstić information content (AvgIpc) is 2.35. The number of carboxylic acids is 1. The first kappa shape index (κ1) is 14.7. The molecule has 0 bridgehead atoms. The third kappa shape index (κ3) is 6.39. The van der Waals surface area contributed by atoms with Gasteiger partial charge in [0.05, 0.1) is 19.6 Å². The van der Waals surface area contributed by atoms with Crippen LogP contribution >= 0.6 is 11.8 Å². The summed E-state index contributed by atoms with van der Waals surface area (Å²) in [5.41, 5.74) is 0. The topological polar surface area (TPSA) is 55.8 Å². The lowest BCUT2D eigenvalue weighted by Gasteiger charge is -2.07. The molecule has 1 rings (SSSR count). The van der Waals surface area contributed by atoms with Gasteiger partial charge in [0.2, 0.25) is 0 Å². The zero-order valence-electron chi connectivity index (χ0n) is 10.4. The largest absolute Gasteiger partial charge is 0.494 e. The van der Waals surface area contributed by atoms with Crippen LogP contribution in [0.15, 0.2) is 24.3 Å². The summed E-state index contributed by atoms with van der Waals surface area (Å²) >= 11 is 1.58. The van der Waals surface area contributed by atoms with Gasteiger partial charge >= 0.3 is 5.97 Å². The lowest BCUT2D eigenvalue weighted by molar-refractivity contribution is -0.136. The standard InChI is InChI=1S/C13H18O4S/c1-2-16-11-3-5-12(6-4-11)17-8-10-18-9-7-13(14)15/h3-6H,2,7-10H2,1H3,(H,14,15). The number of aliphatic carboxylic acids is 1. The van der Waals surface area contributed by atoms with Crippen molar-refractivity contribution in [3.05, 3.63) is 24.3 Å². The number of carboxylic acid groups (broad SMARTS) is 1. The number of benzene rings is 1. The molecule has 0 saturated carbocycles. The SMILES string of the molecule is CCOc1ccc(OCCSCCC(=O)O)cc1. The lowest BCUT2D eigenvalue weighted by atomic mass is 10.3. The molecule has 0 aliphatic heterocycles. The molecule has 18 heavy (non-hydrogen) atoms. The molecule has 0 aliphatic carbocycles. The van der Waals surface area contributed by atoms with Crippen LogP contribution in [-0.2, 0) is 4.79 Å². The fourth-order valence-corrected chi connectivity index (χ4v) is 2.00. The van der Waals surface area contributed by atoms with Crippen molar-refractivity contribution in [1.82, 2.24) is 0 Å². The van der Waals surface area contributed by atoms with E-state index in [1.54, 1.807) is 11.8 Å². The van der Waals surface area contributed by atoms with Gasteiger partial charge in [-0.2, -0.15) is 11.8 Å². The number of carbonyl (C=O) groups is 1. The predicted molar refractivity (Wildman–Crippen MR) is 72.7 cm³/mol. The van der Waals surface area contributed by atoms with Gasteiger partial charge in [0.15, 0.2) is 0 Å². The van der Waals surface area contributed by atoms with Gasteiger partial charge in [0, 0.05) is 11.5 Å².